The summed E-state index contributed by atoms with van der Waals surface area (Å²) in [6, 6.07) is 1.62. The van der Waals surface area contributed by atoms with E-state index in [0.29, 0.717) is 12.0 Å². The average Bonchev–Trinajstić information content (AvgIpc) is 3.05. The highest BCUT2D eigenvalue weighted by Crippen LogP contribution is 2.36. The zero-order chi connectivity index (χ0) is 11.7. The fraction of sp³-hybridized carbons (Fsp3) is 0.500. The predicted molar refractivity (Wildman–Crippen MR) is 56.7 cm³/mol. The first kappa shape index (κ1) is 11.3. The lowest BCUT2D eigenvalue weighted by Crippen LogP contribution is -2.21. The number of hydrogen-bond acceptors (Lipinski definition) is 1. The minimum absolute atomic E-state index is 0.0534. The number of hydrogen-bond donors (Lipinski definition) is 1. The van der Waals surface area contributed by atoms with E-state index in [2.05, 4.69) is 5.32 Å². The first-order chi connectivity index (χ1) is 7.61. The molecule has 1 fully saturated rings. The summed E-state index contributed by atoms with van der Waals surface area (Å²) >= 11 is 0. The number of benzene rings is 1. The molecule has 0 aromatic heterocycles. The molecule has 0 radical (unpaired) electrons. The van der Waals surface area contributed by atoms with E-state index < -0.39 is 17.5 Å². The van der Waals surface area contributed by atoms with E-state index >= 15 is 0 Å². The Labute approximate surface area is 92.7 Å². The standard InChI is InChI=1S/C12H14F3N/c1-2-11(7-3-4-7)16-12-6-9(14)8(13)5-10(12)15/h5-7,11,16H,2-4H2,1H3. The molecule has 0 spiro atoms. The Bertz CT molecular complexity index is 388. The molecule has 0 amide bonds. The highest BCUT2D eigenvalue weighted by molar-refractivity contribution is 5.46. The van der Waals surface area contributed by atoms with Crippen LogP contribution < -0.4 is 5.32 Å². The molecule has 1 aliphatic rings. The summed E-state index contributed by atoms with van der Waals surface area (Å²) in [6.45, 7) is 1.99. The van der Waals surface area contributed by atoms with E-state index in [0.717, 1.165) is 25.3 Å². The first-order valence-electron chi connectivity index (χ1n) is 5.53. The van der Waals surface area contributed by atoms with Gasteiger partial charge < -0.3 is 5.32 Å². The van der Waals surface area contributed by atoms with Gasteiger partial charge in [0.1, 0.15) is 5.82 Å². The molecule has 88 valence electrons. The molecule has 0 aliphatic heterocycles. The molecule has 1 unspecified atom stereocenters. The number of halogens is 3. The summed E-state index contributed by atoms with van der Waals surface area (Å²) in [4.78, 5) is 0. The molecule has 2 rings (SSSR count). The highest BCUT2D eigenvalue weighted by Gasteiger charge is 2.30. The summed E-state index contributed by atoms with van der Waals surface area (Å²) in [5.74, 6) is -2.37. The minimum atomic E-state index is -1.15. The molecule has 1 N–H and O–H groups in total. The minimum Gasteiger partial charge on any atom is -0.380 e. The topological polar surface area (TPSA) is 12.0 Å². The molecule has 1 nitrogen and oxygen atoms in total. The van der Waals surface area contributed by atoms with Gasteiger partial charge in [0, 0.05) is 18.2 Å². The molecule has 1 atom stereocenters. The molecular formula is C12H14F3N. The van der Waals surface area contributed by atoms with Crippen LogP contribution in [0, 0.1) is 23.4 Å². The van der Waals surface area contributed by atoms with Crippen molar-refractivity contribution < 1.29 is 13.2 Å². The second-order valence-corrected chi connectivity index (χ2v) is 4.24. The second-order valence-electron chi connectivity index (χ2n) is 4.24. The lowest BCUT2D eigenvalue weighted by molar-refractivity contribution is 0.494. The van der Waals surface area contributed by atoms with Crippen molar-refractivity contribution in [3.8, 4) is 0 Å². The molecule has 1 aliphatic carbocycles. The second kappa shape index (κ2) is 4.36. The smallest absolute Gasteiger partial charge is 0.161 e. The molecule has 1 aromatic carbocycles. The fourth-order valence-corrected chi connectivity index (χ4v) is 1.88. The van der Waals surface area contributed by atoms with Crippen molar-refractivity contribution in [2.24, 2.45) is 5.92 Å². The van der Waals surface area contributed by atoms with Crippen LogP contribution in [0.3, 0.4) is 0 Å². The van der Waals surface area contributed by atoms with Crippen molar-refractivity contribution in [3.63, 3.8) is 0 Å². The highest BCUT2D eigenvalue weighted by atomic mass is 19.2. The van der Waals surface area contributed by atoms with E-state index in [1.54, 1.807) is 0 Å². The van der Waals surface area contributed by atoms with Crippen LogP contribution in [0.1, 0.15) is 26.2 Å². The van der Waals surface area contributed by atoms with Crippen molar-refractivity contribution in [1.29, 1.82) is 0 Å². The molecule has 0 saturated heterocycles. The van der Waals surface area contributed by atoms with E-state index in [1.165, 1.54) is 0 Å². The molecule has 0 heterocycles. The Morgan fingerprint density at radius 2 is 1.81 bits per heavy atom. The summed E-state index contributed by atoms with van der Waals surface area (Å²) in [5, 5.41) is 2.95. The van der Waals surface area contributed by atoms with E-state index in [-0.39, 0.29) is 11.7 Å². The Balaban J connectivity index is 2.16. The third-order valence-corrected chi connectivity index (χ3v) is 2.98. The van der Waals surface area contributed by atoms with Crippen LogP contribution in [0.2, 0.25) is 0 Å². The van der Waals surface area contributed by atoms with Gasteiger partial charge in [0.25, 0.3) is 0 Å². The van der Waals surface area contributed by atoms with Crippen molar-refractivity contribution in [3.05, 3.63) is 29.6 Å². The molecular weight excluding hydrogens is 215 g/mol. The summed E-state index contributed by atoms with van der Waals surface area (Å²) in [5.41, 5.74) is 0.0534. The maximum absolute atomic E-state index is 13.3. The Morgan fingerprint density at radius 3 is 2.38 bits per heavy atom. The monoisotopic (exact) mass is 229 g/mol. The maximum Gasteiger partial charge on any atom is 0.161 e. The lowest BCUT2D eigenvalue weighted by atomic mass is 10.1. The number of nitrogens with one attached hydrogen (secondary N) is 1. The van der Waals surface area contributed by atoms with Gasteiger partial charge in [-0.2, -0.15) is 0 Å². The normalized spacial score (nSPS) is 17.2. The van der Waals surface area contributed by atoms with Crippen molar-refractivity contribution >= 4 is 5.69 Å². The number of rotatable bonds is 4. The van der Waals surface area contributed by atoms with Crippen LogP contribution in [0.25, 0.3) is 0 Å². The maximum atomic E-state index is 13.3. The van der Waals surface area contributed by atoms with Crippen LogP contribution in [0.15, 0.2) is 12.1 Å². The van der Waals surface area contributed by atoms with Gasteiger partial charge in [-0.25, -0.2) is 13.2 Å². The third kappa shape index (κ3) is 2.31. The first-order valence-corrected chi connectivity index (χ1v) is 5.53. The van der Waals surface area contributed by atoms with Crippen LogP contribution in [0.5, 0.6) is 0 Å². The molecule has 0 bridgehead atoms. The van der Waals surface area contributed by atoms with Crippen molar-refractivity contribution in [2.75, 3.05) is 5.32 Å². The fourth-order valence-electron chi connectivity index (χ4n) is 1.88. The van der Waals surface area contributed by atoms with Crippen LogP contribution >= 0.6 is 0 Å². The van der Waals surface area contributed by atoms with Gasteiger partial charge >= 0.3 is 0 Å². The van der Waals surface area contributed by atoms with Gasteiger partial charge in [-0.05, 0) is 25.2 Å². The summed E-state index contributed by atoms with van der Waals surface area (Å²) in [6.07, 6.45) is 3.09. The SMILES string of the molecule is CCC(Nc1cc(F)c(F)cc1F)C1CC1. The van der Waals surface area contributed by atoms with Crippen LogP contribution in [-0.4, -0.2) is 6.04 Å². The van der Waals surface area contributed by atoms with Gasteiger partial charge in [-0.15, -0.1) is 0 Å². The van der Waals surface area contributed by atoms with Gasteiger partial charge in [0.05, 0.1) is 5.69 Å². The molecule has 16 heavy (non-hydrogen) atoms. The quantitative estimate of drug-likeness (QED) is 0.776. The Morgan fingerprint density at radius 1 is 1.19 bits per heavy atom. The zero-order valence-corrected chi connectivity index (χ0v) is 9.06. The Hall–Kier alpha value is -1.19. The molecule has 1 saturated carbocycles. The van der Waals surface area contributed by atoms with Crippen molar-refractivity contribution in [2.45, 2.75) is 32.2 Å². The van der Waals surface area contributed by atoms with Crippen LogP contribution in [0.4, 0.5) is 18.9 Å². The molecule has 1 aromatic rings. The van der Waals surface area contributed by atoms with Gasteiger partial charge in [-0.3, -0.25) is 0 Å². The average molecular weight is 229 g/mol. The lowest BCUT2D eigenvalue weighted by Gasteiger charge is -2.18. The van der Waals surface area contributed by atoms with E-state index in [4.69, 9.17) is 0 Å². The van der Waals surface area contributed by atoms with Gasteiger partial charge in [0.15, 0.2) is 11.6 Å². The molecule has 4 heteroatoms. The number of anilines is 1. The van der Waals surface area contributed by atoms with Crippen LogP contribution in [-0.2, 0) is 0 Å². The van der Waals surface area contributed by atoms with E-state index in [9.17, 15) is 13.2 Å². The largest absolute Gasteiger partial charge is 0.380 e. The van der Waals surface area contributed by atoms with Crippen molar-refractivity contribution in [1.82, 2.24) is 0 Å². The predicted octanol–water partition coefficient (Wildman–Crippen LogP) is 3.70. The van der Waals surface area contributed by atoms with E-state index in [1.807, 2.05) is 6.92 Å². The van der Waals surface area contributed by atoms with Gasteiger partial charge in [-0.1, -0.05) is 6.92 Å². The zero-order valence-electron chi connectivity index (χ0n) is 9.06. The third-order valence-electron chi connectivity index (χ3n) is 2.98. The summed E-state index contributed by atoms with van der Waals surface area (Å²) in [7, 11) is 0. The summed E-state index contributed by atoms with van der Waals surface area (Å²) < 4.78 is 39.0. The Kier molecular flexibility index (Phi) is 3.08. The van der Waals surface area contributed by atoms with Gasteiger partial charge in [0.2, 0.25) is 0 Å².